The third kappa shape index (κ3) is 6.01. The maximum atomic E-state index is 12.0. The van der Waals surface area contributed by atoms with E-state index in [4.69, 9.17) is 16.3 Å². The van der Waals surface area contributed by atoms with Crippen molar-refractivity contribution in [3.8, 4) is 5.75 Å². The standard InChI is InChI=1S/C18H21ClN2O4S/c1-2-11-21-26(23,24)16-9-7-15(8-10-16)25-13-18(22)20-12-14-5-3-4-6-17(14)19/h3-10,21H,2,11-13H2,1H3,(H,20,22). The molecule has 0 aliphatic heterocycles. The molecule has 6 nitrogen and oxygen atoms in total. The first-order valence-corrected chi connectivity index (χ1v) is 10.0. The molecule has 140 valence electrons. The maximum absolute atomic E-state index is 12.0. The first-order valence-electron chi connectivity index (χ1n) is 8.15. The molecule has 2 aromatic carbocycles. The van der Waals surface area contributed by atoms with Crippen LogP contribution in [0.2, 0.25) is 5.02 Å². The second-order valence-corrected chi connectivity index (χ2v) is 7.70. The summed E-state index contributed by atoms with van der Waals surface area (Å²) in [6.45, 7) is 2.40. The Morgan fingerprint density at radius 2 is 1.81 bits per heavy atom. The summed E-state index contributed by atoms with van der Waals surface area (Å²) in [5, 5.41) is 3.30. The Kier molecular flexibility index (Phi) is 7.44. The van der Waals surface area contributed by atoms with Crippen LogP contribution < -0.4 is 14.8 Å². The highest BCUT2D eigenvalue weighted by Gasteiger charge is 2.13. The highest BCUT2D eigenvalue weighted by molar-refractivity contribution is 7.89. The molecule has 0 heterocycles. The summed E-state index contributed by atoms with van der Waals surface area (Å²) in [7, 11) is -3.51. The van der Waals surface area contributed by atoms with E-state index in [0.29, 0.717) is 30.3 Å². The van der Waals surface area contributed by atoms with Crippen LogP contribution >= 0.6 is 11.6 Å². The fraction of sp³-hybridized carbons (Fsp3) is 0.278. The van der Waals surface area contributed by atoms with Crippen LogP contribution in [-0.2, 0) is 21.4 Å². The van der Waals surface area contributed by atoms with Gasteiger partial charge in [0.25, 0.3) is 5.91 Å². The van der Waals surface area contributed by atoms with E-state index in [9.17, 15) is 13.2 Å². The van der Waals surface area contributed by atoms with Crippen molar-refractivity contribution in [2.45, 2.75) is 24.8 Å². The smallest absolute Gasteiger partial charge is 0.258 e. The van der Waals surface area contributed by atoms with Gasteiger partial charge in [-0.05, 0) is 42.3 Å². The van der Waals surface area contributed by atoms with Gasteiger partial charge in [0.2, 0.25) is 10.0 Å². The Hall–Kier alpha value is -2.09. The molecule has 1 amide bonds. The molecule has 0 aliphatic rings. The van der Waals surface area contributed by atoms with Crippen molar-refractivity contribution in [1.82, 2.24) is 10.0 Å². The third-order valence-electron chi connectivity index (χ3n) is 3.48. The minimum Gasteiger partial charge on any atom is -0.484 e. The molecular formula is C18H21ClN2O4S. The summed E-state index contributed by atoms with van der Waals surface area (Å²) in [6.07, 6.45) is 0.712. The van der Waals surface area contributed by atoms with Gasteiger partial charge in [-0.15, -0.1) is 0 Å². The molecule has 0 fully saturated rings. The van der Waals surface area contributed by atoms with Crippen molar-refractivity contribution < 1.29 is 17.9 Å². The Bertz CT molecular complexity index is 839. The molecule has 0 aromatic heterocycles. The molecule has 0 aliphatic carbocycles. The number of ether oxygens (including phenoxy) is 1. The number of carbonyl (C=O) groups excluding carboxylic acids is 1. The van der Waals surface area contributed by atoms with Crippen molar-refractivity contribution >= 4 is 27.5 Å². The fourth-order valence-corrected chi connectivity index (χ4v) is 3.41. The minimum atomic E-state index is -3.51. The molecule has 0 spiro atoms. The molecule has 0 saturated heterocycles. The van der Waals surface area contributed by atoms with E-state index in [1.807, 2.05) is 25.1 Å². The van der Waals surface area contributed by atoms with Crippen molar-refractivity contribution in [3.05, 3.63) is 59.1 Å². The van der Waals surface area contributed by atoms with Gasteiger partial charge in [0.15, 0.2) is 6.61 Å². The first kappa shape index (κ1) is 20.2. The average molecular weight is 397 g/mol. The molecule has 0 atom stereocenters. The lowest BCUT2D eigenvalue weighted by molar-refractivity contribution is -0.123. The first-order chi connectivity index (χ1) is 12.4. The summed E-state index contributed by atoms with van der Waals surface area (Å²) in [5.74, 6) is 0.110. The molecule has 0 unspecified atom stereocenters. The number of nitrogens with one attached hydrogen (secondary N) is 2. The zero-order chi connectivity index (χ0) is 19.0. The second kappa shape index (κ2) is 9.56. The summed E-state index contributed by atoms with van der Waals surface area (Å²) in [4.78, 5) is 12.0. The van der Waals surface area contributed by atoms with E-state index >= 15 is 0 Å². The molecule has 0 saturated carbocycles. The average Bonchev–Trinajstić information content (AvgIpc) is 2.64. The van der Waals surface area contributed by atoms with Crippen LogP contribution in [-0.4, -0.2) is 27.5 Å². The molecule has 2 aromatic rings. The zero-order valence-electron chi connectivity index (χ0n) is 14.4. The second-order valence-electron chi connectivity index (χ2n) is 5.53. The Labute approximate surface area is 158 Å². The normalized spacial score (nSPS) is 11.2. The molecular weight excluding hydrogens is 376 g/mol. The van der Waals surface area contributed by atoms with Gasteiger partial charge in [-0.3, -0.25) is 4.79 Å². The fourth-order valence-electron chi connectivity index (χ4n) is 2.07. The van der Waals surface area contributed by atoms with Crippen molar-refractivity contribution in [2.75, 3.05) is 13.2 Å². The monoisotopic (exact) mass is 396 g/mol. The van der Waals surface area contributed by atoms with Crippen LogP contribution in [0.25, 0.3) is 0 Å². The van der Waals surface area contributed by atoms with Gasteiger partial charge >= 0.3 is 0 Å². The van der Waals surface area contributed by atoms with Crippen LogP contribution in [0.15, 0.2) is 53.4 Å². The van der Waals surface area contributed by atoms with Gasteiger partial charge in [0.1, 0.15) is 5.75 Å². The molecule has 2 rings (SSSR count). The summed E-state index contributed by atoms with van der Waals surface area (Å²) in [5.41, 5.74) is 0.816. The van der Waals surface area contributed by atoms with Gasteiger partial charge in [-0.25, -0.2) is 13.1 Å². The van der Waals surface area contributed by atoms with E-state index in [-0.39, 0.29) is 17.4 Å². The van der Waals surface area contributed by atoms with E-state index in [2.05, 4.69) is 10.0 Å². The quantitative estimate of drug-likeness (QED) is 0.682. The summed E-state index contributed by atoms with van der Waals surface area (Å²) >= 11 is 6.03. The highest BCUT2D eigenvalue weighted by atomic mass is 35.5. The van der Waals surface area contributed by atoms with Gasteiger partial charge in [0.05, 0.1) is 4.90 Å². The van der Waals surface area contributed by atoms with Gasteiger partial charge in [-0.2, -0.15) is 0 Å². The topological polar surface area (TPSA) is 84.5 Å². The van der Waals surface area contributed by atoms with E-state index < -0.39 is 10.0 Å². The van der Waals surface area contributed by atoms with E-state index in [1.54, 1.807) is 6.07 Å². The number of halogens is 1. The van der Waals surface area contributed by atoms with Crippen molar-refractivity contribution in [3.63, 3.8) is 0 Å². The number of carbonyl (C=O) groups is 1. The van der Waals surface area contributed by atoms with Crippen LogP contribution in [0.4, 0.5) is 0 Å². The molecule has 26 heavy (non-hydrogen) atoms. The lowest BCUT2D eigenvalue weighted by Gasteiger charge is -2.09. The van der Waals surface area contributed by atoms with E-state index in [1.165, 1.54) is 24.3 Å². The molecule has 0 radical (unpaired) electrons. The predicted octanol–water partition coefficient (Wildman–Crippen LogP) is 2.72. The minimum absolute atomic E-state index is 0.154. The zero-order valence-corrected chi connectivity index (χ0v) is 15.9. The van der Waals surface area contributed by atoms with Crippen molar-refractivity contribution in [2.24, 2.45) is 0 Å². The predicted molar refractivity (Wildman–Crippen MR) is 101 cm³/mol. The summed E-state index contributed by atoms with van der Waals surface area (Å²) < 4.78 is 31.8. The molecule has 0 bridgehead atoms. The Morgan fingerprint density at radius 1 is 1.12 bits per heavy atom. The van der Waals surface area contributed by atoms with Crippen LogP contribution in [0, 0.1) is 0 Å². The molecule has 2 N–H and O–H groups in total. The highest BCUT2D eigenvalue weighted by Crippen LogP contribution is 2.16. The third-order valence-corrected chi connectivity index (χ3v) is 5.33. The number of benzene rings is 2. The SMILES string of the molecule is CCCNS(=O)(=O)c1ccc(OCC(=O)NCc2ccccc2Cl)cc1. The van der Waals surface area contributed by atoms with Gasteiger partial charge in [0, 0.05) is 18.1 Å². The van der Waals surface area contributed by atoms with Crippen molar-refractivity contribution in [1.29, 1.82) is 0 Å². The van der Waals surface area contributed by atoms with Crippen LogP contribution in [0.3, 0.4) is 0 Å². The maximum Gasteiger partial charge on any atom is 0.258 e. The lowest BCUT2D eigenvalue weighted by Crippen LogP contribution is -2.28. The van der Waals surface area contributed by atoms with Gasteiger partial charge in [-0.1, -0.05) is 36.7 Å². The largest absolute Gasteiger partial charge is 0.484 e. The molecule has 8 heteroatoms. The number of rotatable bonds is 9. The number of hydrogen-bond donors (Lipinski definition) is 2. The number of hydrogen-bond acceptors (Lipinski definition) is 4. The Balaban J connectivity index is 1.84. The Morgan fingerprint density at radius 3 is 2.46 bits per heavy atom. The van der Waals surface area contributed by atoms with Crippen LogP contribution in [0.5, 0.6) is 5.75 Å². The number of sulfonamides is 1. The van der Waals surface area contributed by atoms with Crippen LogP contribution in [0.1, 0.15) is 18.9 Å². The number of amides is 1. The summed E-state index contributed by atoms with van der Waals surface area (Å²) in [6, 6.07) is 13.2. The lowest BCUT2D eigenvalue weighted by atomic mass is 10.2. The van der Waals surface area contributed by atoms with Gasteiger partial charge < -0.3 is 10.1 Å². The van der Waals surface area contributed by atoms with E-state index in [0.717, 1.165) is 5.56 Å².